The van der Waals surface area contributed by atoms with Gasteiger partial charge in [-0.3, -0.25) is 4.90 Å². The molecule has 1 fully saturated rings. The number of hydrogen-bond acceptors (Lipinski definition) is 2. The van der Waals surface area contributed by atoms with Gasteiger partial charge in [-0.2, -0.15) is 5.26 Å². The van der Waals surface area contributed by atoms with Gasteiger partial charge in [0.2, 0.25) is 0 Å². The number of nitriles is 1. The lowest BCUT2D eigenvalue weighted by atomic mass is 9.89. The van der Waals surface area contributed by atoms with E-state index < -0.39 is 0 Å². The summed E-state index contributed by atoms with van der Waals surface area (Å²) in [6, 6.07) is 7.65. The van der Waals surface area contributed by atoms with Crippen molar-refractivity contribution in [1.82, 2.24) is 4.90 Å². The molecule has 0 bridgehead atoms. The summed E-state index contributed by atoms with van der Waals surface area (Å²) in [5.74, 6) is -0.437. The highest BCUT2D eigenvalue weighted by atomic mass is 79.9. The van der Waals surface area contributed by atoms with Crippen LogP contribution in [0.3, 0.4) is 0 Å². The molecule has 2 rings (SSSR count). The third kappa shape index (κ3) is 2.82. The molecule has 1 aromatic carbocycles. The van der Waals surface area contributed by atoms with Crippen molar-refractivity contribution in [3.05, 3.63) is 34.1 Å². The molecule has 1 aromatic rings. The van der Waals surface area contributed by atoms with Crippen molar-refractivity contribution >= 4 is 15.9 Å². The average Bonchev–Trinajstić information content (AvgIpc) is 2.76. The number of likely N-dealkylation sites (tertiary alicyclic amines) is 1. The van der Waals surface area contributed by atoms with E-state index in [1.807, 2.05) is 6.07 Å². The Labute approximate surface area is 122 Å². The minimum atomic E-state index is -0.233. The van der Waals surface area contributed by atoms with Crippen LogP contribution >= 0.6 is 15.9 Å². The first kappa shape index (κ1) is 14.5. The first-order valence-corrected chi connectivity index (χ1v) is 7.22. The molecule has 1 saturated heterocycles. The minimum Gasteiger partial charge on any atom is -0.297 e. The summed E-state index contributed by atoms with van der Waals surface area (Å²) < 4.78 is 14.7. The summed E-state index contributed by atoms with van der Waals surface area (Å²) in [5.41, 5.74) is 0.652. The van der Waals surface area contributed by atoms with Gasteiger partial charge in [0.15, 0.2) is 0 Å². The van der Waals surface area contributed by atoms with Crippen molar-refractivity contribution in [1.29, 1.82) is 5.26 Å². The van der Waals surface area contributed by atoms with Crippen molar-refractivity contribution in [2.45, 2.75) is 32.2 Å². The topological polar surface area (TPSA) is 27.0 Å². The smallest absolute Gasteiger partial charge is 0.140 e. The fraction of sp³-hybridized carbons (Fsp3) is 0.533. The lowest BCUT2D eigenvalue weighted by Gasteiger charge is -2.31. The number of rotatable bonds is 1. The van der Waals surface area contributed by atoms with E-state index in [1.165, 1.54) is 0 Å². The van der Waals surface area contributed by atoms with Gasteiger partial charge in [-0.1, -0.05) is 12.1 Å². The summed E-state index contributed by atoms with van der Waals surface area (Å²) in [4.78, 5) is 2.26. The third-order valence-corrected chi connectivity index (χ3v) is 4.43. The molecule has 4 heteroatoms. The average molecular weight is 325 g/mol. The maximum atomic E-state index is 14.2. The first-order chi connectivity index (χ1) is 8.84. The Balaban J connectivity index is 2.34. The number of nitrogens with zero attached hydrogens (tertiary/aromatic N) is 2. The Bertz CT molecular complexity index is 516. The van der Waals surface area contributed by atoms with E-state index in [-0.39, 0.29) is 23.2 Å². The lowest BCUT2D eigenvalue weighted by Crippen LogP contribution is -2.39. The van der Waals surface area contributed by atoms with Gasteiger partial charge < -0.3 is 0 Å². The van der Waals surface area contributed by atoms with Crippen LogP contribution in [0.4, 0.5) is 4.39 Å². The fourth-order valence-corrected chi connectivity index (χ4v) is 2.99. The maximum absolute atomic E-state index is 14.2. The molecule has 0 unspecified atom stereocenters. The summed E-state index contributed by atoms with van der Waals surface area (Å²) in [6.07, 6.45) is 0. The van der Waals surface area contributed by atoms with Gasteiger partial charge in [-0.25, -0.2) is 4.39 Å². The Morgan fingerprint density at radius 2 is 2.05 bits per heavy atom. The molecular weight excluding hydrogens is 307 g/mol. The van der Waals surface area contributed by atoms with Gasteiger partial charge in [-0.05, 0) is 48.3 Å². The Kier molecular flexibility index (Phi) is 3.98. The Hall–Kier alpha value is -0.920. The molecule has 0 aromatic heterocycles. The van der Waals surface area contributed by atoms with Gasteiger partial charge in [0.1, 0.15) is 5.82 Å². The molecule has 1 aliphatic rings. The van der Waals surface area contributed by atoms with Gasteiger partial charge in [0.05, 0.1) is 16.5 Å². The first-order valence-electron chi connectivity index (χ1n) is 6.43. The summed E-state index contributed by atoms with van der Waals surface area (Å²) in [7, 11) is 0. The van der Waals surface area contributed by atoms with E-state index >= 15 is 0 Å². The monoisotopic (exact) mass is 324 g/mol. The van der Waals surface area contributed by atoms with Crippen LogP contribution in [0.5, 0.6) is 0 Å². The molecular formula is C15H18BrFN2. The molecule has 19 heavy (non-hydrogen) atoms. The van der Waals surface area contributed by atoms with Crippen molar-refractivity contribution in [3.63, 3.8) is 0 Å². The van der Waals surface area contributed by atoms with Crippen LogP contribution in [0.25, 0.3) is 0 Å². The highest BCUT2D eigenvalue weighted by molar-refractivity contribution is 9.10. The van der Waals surface area contributed by atoms with E-state index in [1.54, 1.807) is 12.1 Å². The summed E-state index contributed by atoms with van der Waals surface area (Å²) in [6.45, 7) is 7.81. The Morgan fingerprint density at radius 3 is 2.63 bits per heavy atom. The van der Waals surface area contributed by atoms with Gasteiger partial charge in [0.25, 0.3) is 0 Å². The van der Waals surface area contributed by atoms with Crippen LogP contribution in [0, 0.1) is 23.1 Å². The summed E-state index contributed by atoms with van der Waals surface area (Å²) in [5, 5.41) is 9.33. The number of benzene rings is 1. The van der Waals surface area contributed by atoms with E-state index in [9.17, 15) is 9.65 Å². The molecule has 0 amide bonds. The second-order valence-electron chi connectivity index (χ2n) is 6.06. The number of hydrogen-bond donors (Lipinski definition) is 0. The van der Waals surface area contributed by atoms with Crippen LogP contribution in [0.2, 0.25) is 0 Å². The largest absolute Gasteiger partial charge is 0.297 e. The van der Waals surface area contributed by atoms with Crippen LogP contribution in [0.15, 0.2) is 22.7 Å². The van der Waals surface area contributed by atoms with Crippen molar-refractivity contribution in [2.75, 3.05) is 13.1 Å². The molecule has 0 N–H and O–H groups in total. The number of halogens is 2. The molecule has 1 aliphatic heterocycles. The second kappa shape index (κ2) is 5.22. The highest BCUT2D eigenvalue weighted by Gasteiger charge is 2.39. The zero-order valence-electron chi connectivity index (χ0n) is 11.5. The third-order valence-electron chi connectivity index (χ3n) is 3.82. The van der Waals surface area contributed by atoms with Gasteiger partial charge in [-0.15, -0.1) is 0 Å². The van der Waals surface area contributed by atoms with Crippen molar-refractivity contribution in [3.8, 4) is 6.07 Å². The van der Waals surface area contributed by atoms with Crippen LogP contribution in [0.1, 0.15) is 32.3 Å². The molecule has 2 nitrogen and oxygen atoms in total. The SMILES string of the molecule is CC(C)(C)N1C[C@@H](C#N)[C@H](c2cccc(Br)c2F)C1. The van der Waals surface area contributed by atoms with Crippen molar-refractivity contribution < 1.29 is 4.39 Å². The second-order valence-corrected chi connectivity index (χ2v) is 6.92. The minimum absolute atomic E-state index is 0.00629. The van der Waals surface area contributed by atoms with E-state index in [4.69, 9.17) is 0 Å². The Morgan fingerprint density at radius 1 is 1.37 bits per heavy atom. The molecule has 102 valence electrons. The zero-order valence-corrected chi connectivity index (χ0v) is 13.0. The molecule has 0 saturated carbocycles. The molecule has 2 atom stereocenters. The lowest BCUT2D eigenvalue weighted by molar-refractivity contribution is 0.170. The fourth-order valence-electron chi connectivity index (χ4n) is 2.60. The summed E-state index contributed by atoms with van der Waals surface area (Å²) >= 11 is 3.22. The van der Waals surface area contributed by atoms with E-state index in [2.05, 4.69) is 47.7 Å². The van der Waals surface area contributed by atoms with Crippen LogP contribution in [-0.2, 0) is 0 Å². The van der Waals surface area contributed by atoms with E-state index in [0.29, 0.717) is 16.6 Å². The highest BCUT2D eigenvalue weighted by Crippen LogP contribution is 2.38. The molecule has 0 aliphatic carbocycles. The normalized spacial score (nSPS) is 24.4. The molecule has 0 radical (unpaired) electrons. The molecule has 0 spiro atoms. The standard InChI is InChI=1S/C15H18BrFN2/c1-15(2,3)19-8-10(7-18)12(9-19)11-5-4-6-13(16)14(11)17/h4-6,10,12H,8-9H2,1-3H3/t10-,12-/m1/s1. The molecule has 1 heterocycles. The zero-order chi connectivity index (χ0) is 14.2. The van der Waals surface area contributed by atoms with E-state index in [0.717, 1.165) is 6.54 Å². The van der Waals surface area contributed by atoms with Crippen molar-refractivity contribution in [2.24, 2.45) is 5.92 Å². The van der Waals surface area contributed by atoms with Crippen LogP contribution < -0.4 is 0 Å². The van der Waals surface area contributed by atoms with Gasteiger partial charge >= 0.3 is 0 Å². The predicted molar refractivity (Wildman–Crippen MR) is 77.3 cm³/mol. The van der Waals surface area contributed by atoms with Crippen LogP contribution in [-0.4, -0.2) is 23.5 Å². The predicted octanol–water partition coefficient (Wildman–Crippen LogP) is 3.93. The van der Waals surface area contributed by atoms with Gasteiger partial charge in [0, 0.05) is 24.5 Å². The quantitative estimate of drug-likeness (QED) is 0.782. The maximum Gasteiger partial charge on any atom is 0.140 e.